The summed E-state index contributed by atoms with van der Waals surface area (Å²) in [6.45, 7) is 7.86. The van der Waals surface area contributed by atoms with E-state index >= 15 is 0 Å². The summed E-state index contributed by atoms with van der Waals surface area (Å²) >= 11 is 1.43. The Kier molecular flexibility index (Phi) is 4.96. The lowest BCUT2D eigenvalue weighted by atomic mass is 10.2. The standard InChI is InChI=1S/C16H20N2O2S/c1-10(2)14-9-21-16(17-14)18-15(19)12(4)20-13-7-5-6-11(3)8-13/h5-10,12H,1-4H3,(H,17,18,19)/t12-/m0/s1. The number of thiazole rings is 1. The number of hydrogen-bond donors (Lipinski definition) is 1. The lowest BCUT2D eigenvalue weighted by Gasteiger charge is -2.14. The van der Waals surface area contributed by atoms with Crippen LogP contribution in [-0.2, 0) is 4.79 Å². The van der Waals surface area contributed by atoms with Crippen LogP contribution in [0.15, 0.2) is 29.6 Å². The summed E-state index contributed by atoms with van der Waals surface area (Å²) < 4.78 is 5.65. The van der Waals surface area contributed by atoms with Gasteiger partial charge in [0.15, 0.2) is 11.2 Å². The van der Waals surface area contributed by atoms with E-state index in [1.54, 1.807) is 6.92 Å². The van der Waals surface area contributed by atoms with Gasteiger partial charge in [-0.15, -0.1) is 11.3 Å². The Labute approximate surface area is 129 Å². The summed E-state index contributed by atoms with van der Waals surface area (Å²) in [5.74, 6) is 0.855. The summed E-state index contributed by atoms with van der Waals surface area (Å²) in [5, 5.41) is 5.37. The fraction of sp³-hybridized carbons (Fsp3) is 0.375. The molecule has 5 heteroatoms. The van der Waals surface area contributed by atoms with E-state index in [0.717, 1.165) is 11.3 Å². The largest absolute Gasteiger partial charge is 0.481 e. The highest BCUT2D eigenvalue weighted by Crippen LogP contribution is 2.22. The Morgan fingerprint density at radius 3 is 2.71 bits per heavy atom. The zero-order valence-electron chi connectivity index (χ0n) is 12.7. The number of ether oxygens (including phenoxy) is 1. The molecule has 0 unspecified atom stereocenters. The molecule has 0 fully saturated rings. The minimum atomic E-state index is -0.571. The first-order chi connectivity index (χ1) is 9.95. The molecule has 0 aliphatic rings. The number of anilines is 1. The average molecular weight is 304 g/mol. The Hall–Kier alpha value is -1.88. The number of amides is 1. The molecule has 0 aliphatic heterocycles. The topological polar surface area (TPSA) is 51.2 Å². The number of hydrogen-bond acceptors (Lipinski definition) is 4. The van der Waals surface area contributed by atoms with Crippen LogP contribution in [0.4, 0.5) is 5.13 Å². The summed E-state index contributed by atoms with van der Waals surface area (Å²) in [6, 6.07) is 7.65. The van der Waals surface area contributed by atoms with E-state index in [-0.39, 0.29) is 5.91 Å². The number of nitrogens with zero attached hydrogens (tertiary/aromatic N) is 1. The van der Waals surface area contributed by atoms with Crippen molar-refractivity contribution in [3.05, 3.63) is 40.9 Å². The van der Waals surface area contributed by atoms with Crippen LogP contribution in [0.1, 0.15) is 37.9 Å². The van der Waals surface area contributed by atoms with Crippen LogP contribution >= 0.6 is 11.3 Å². The van der Waals surface area contributed by atoms with Crippen LogP contribution in [0, 0.1) is 6.92 Å². The van der Waals surface area contributed by atoms with E-state index in [0.29, 0.717) is 16.8 Å². The highest BCUT2D eigenvalue weighted by Gasteiger charge is 2.16. The van der Waals surface area contributed by atoms with Crippen LogP contribution in [0.3, 0.4) is 0 Å². The second-order valence-corrected chi connectivity index (χ2v) is 6.16. The van der Waals surface area contributed by atoms with Gasteiger partial charge in [-0.25, -0.2) is 4.98 Å². The van der Waals surface area contributed by atoms with E-state index in [2.05, 4.69) is 24.1 Å². The van der Waals surface area contributed by atoms with Gasteiger partial charge in [-0.3, -0.25) is 10.1 Å². The van der Waals surface area contributed by atoms with Crippen molar-refractivity contribution in [1.82, 2.24) is 4.98 Å². The smallest absolute Gasteiger partial charge is 0.266 e. The molecule has 2 aromatic rings. The molecular weight excluding hydrogens is 284 g/mol. The molecule has 4 nitrogen and oxygen atoms in total. The summed E-state index contributed by atoms with van der Waals surface area (Å²) in [6.07, 6.45) is -0.571. The molecule has 2 rings (SSSR count). The Morgan fingerprint density at radius 1 is 1.33 bits per heavy atom. The molecule has 0 saturated carbocycles. The third kappa shape index (κ3) is 4.29. The third-order valence-electron chi connectivity index (χ3n) is 3.02. The van der Waals surface area contributed by atoms with Crippen molar-refractivity contribution in [2.24, 2.45) is 0 Å². The van der Waals surface area contributed by atoms with Crippen molar-refractivity contribution >= 4 is 22.4 Å². The molecule has 0 saturated heterocycles. The molecule has 1 aromatic carbocycles. The summed E-state index contributed by atoms with van der Waals surface area (Å²) in [7, 11) is 0. The predicted octanol–water partition coefficient (Wildman–Crippen LogP) is 3.98. The lowest BCUT2D eigenvalue weighted by Crippen LogP contribution is -2.30. The van der Waals surface area contributed by atoms with Gasteiger partial charge in [-0.2, -0.15) is 0 Å². The molecule has 0 bridgehead atoms. The van der Waals surface area contributed by atoms with Crippen molar-refractivity contribution in [3.63, 3.8) is 0 Å². The number of carbonyl (C=O) groups excluding carboxylic acids is 1. The number of aryl methyl sites for hydroxylation is 1. The Balaban J connectivity index is 1.95. The molecule has 1 amide bonds. The van der Waals surface area contributed by atoms with E-state index in [1.165, 1.54) is 11.3 Å². The molecule has 1 N–H and O–H groups in total. The van der Waals surface area contributed by atoms with Gasteiger partial charge in [-0.05, 0) is 37.5 Å². The first-order valence-electron chi connectivity index (χ1n) is 6.95. The van der Waals surface area contributed by atoms with Crippen molar-refractivity contribution in [3.8, 4) is 5.75 Å². The Bertz CT molecular complexity index is 622. The molecule has 0 radical (unpaired) electrons. The molecule has 0 spiro atoms. The maximum Gasteiger partial charge on any atom is 0.266 e. The summed E-state index contributed by atoms with van der Waals surface area (Å²) in [5.41, 5.74) is 2.09. The SMILES string of the molecule is Cc1cccc(O[C@@H](C)C(=O)Nc2nc(C(C)C)cs2)c1. The molecular formula is C16H20N2O2S. The second-order valence-electron chi connectivity index (χ2n) is 5.30. The average Bonchev–Trinajstić information content (AvgIpc) is 2.87. The number of carbonyl (C=O) groups is 1. The van der Waals surface area contributed by atoms with Gasteiger partial charge in [-0.1, -0.05) is 26.0 Å². The first kappa shape index (κ1) is 15.5. The van der Waals surface area contributed by atoms with E-state index in [1.807, 2.05) is 36.6 Å². The van der Waals surface area contributed by atoms with Crippen LogP contribution < -0.4 is 10.1 Å². The quantitative estimate of drug-likeness (QED) is 0.909. The van der Waals surface area contributed by atoms with Crippen LogP contribution in [0.2, 0.25) is 0 Å². The van der Waals surface area contributed by atoms with Crippen molar-refractivity contribution in [1.29, 1.82) is 0 Å². The zero-order valence-corrected chi connectivity index (χ0v) is 13.5. The van der Waals surface area contributed by atoms with Gasteiger partial charge in [0.25, 0.3) is 5.91 Å². The van der Waals surface area contributed by atoms with Gasteiger partial charge in [0.2, 0.25) is 0 Å². The number of benzene rings is 1. The zero-order chi connectivity index (χ0) is 15.4. The van der Waals surface area contributed by atoms with Gasteiger partial charge < -0.3 is 4.74 Å². The highest BCUT2D eigenvalue weighted by molar-refractivity contribution is 7.13. The molecule has 1 atom stereocenters. The van der Waals surface area contributed by atoms with Crippen molar-refractivity contribution in [2.75, 3.05) is 5.32 Å². The third-order valence-corrected chi connectivity index (χ3v) is 3.79. The van der Waals surface area contributed by atoms with Gasteiger partial charge in [0, 0.05) is 5.38 Å². The van der Waals surface area contributed by atoms with Crippen LogP contribution in [0.25, 0.3) is 0 Å². The molecule has 112 valence electrons. The Morgan fingerprint density at radius 2 is 2.10 bits per heavy atom. The molecule has 21 heavy (non-hydrogen) atoms. The van der Waals surface area contributed by atoms with Gasteiger partial charge >= 0.3 is 0 Å². The highest BCUT2D eigenvalue weighted by atomic mass is 32.1. The summed E-state index contributed by atoms with van der Waals surface area (Å²) in [4.78, 5) is 16.5. The minimum Gasteiger partial charge on any atom is -0.481 e. The molecule has 1 aromatic heterocycles. The number of nitrogens with one attached hydrogen (secondary N) is 1. The predicted molar refractivity (Wildman–Crippen MR) is 86.1 cm³/mol. The number of rotatable bonds is 5. The number of aromatic nitrogens is 1. The van der Waals surface area contributed by atoms with E-state index in [9.17, 15) is 4.79 Å². The lowest BCUT2D eigenvalue weighted by molar-refractivity contribution is -0.122. The van der Waals surface area contributed by atoms with E-state index < -0.39 is 6.10 Å². The van der Waals surface area contributed by atoms with Gasteiger partial charge in [0.1, 0.15) is 5.75 Å². The molecule has 0 aliphatic carbocycles. The minimum absolute atomic E-state index is 0.193. The normalized spacial score (nSPS) is 12.2. The maximum atomic E-state index is 12.1. The van der Waals surface area contributed by atoms with E-state index in [4.69, 9.17) is 4.74 Å². The second kappa shape index (κ2) is 6.72. The van der Waals surface area contributed by atoms with Crippen molar-refractivity contribution in [2.45, 2.75) is 39.7 Å². The van der Waals surface area contributed by atoms with Crippen LogP contribution in [0.5, 0.6) is 5.75 Å². The maximum absolute atomic E-state index is 12.1. The van der Waals surface area contributed by atoms with Crippen molar-refractivity contribution < 1.29 is 9.53 Å². The first-order valence-corrected chi connectivity index (χ1v) is 7.83. The van der Waals surface area contributed by atoms with Crippen LogP contribution in [-0.4, -0.2) is 17.0 Å². The fourth-order valence-electron chi connectivity index (χ4n) is 1.76. The molecule has 1 heterocycles. The monoisotopic (exact) mass is 304 g/mol. The fourth-order valence-corrected chi connectivity index (χ4v) is 2.64. The van der Waals surface area contributed by atoms with Gasteiger partial charge in [0.05, 0.1) is 5.69 Å².